The van der Waals surface area contributed by atoms with E-state index in [9.17, 15) is 12.8 Å². The Hall–Kier alpha value is -2.08. The van der Waals surface area contributed by atoms with E-state index in [4.69, 9.17) is 5.73 Å². The van der Waals surface area contributed by atoms with E-state index in [0.717, 1.165) is 11.6 Å². The summed E-state index contributed by atoms with van der Waals surface area (Å²) in [5.41, 5.74) is 6.39. The van der Waals surface area contributed by atoms with Gasteiger partial charge in [-0.1, -0.05) is 18.2 Å². The standard InChI is InChI=1S/C13H13FN2O2S/c1-9-4-2-5-10(8-9)16-19(17,18)12-7-3-6-11(14)13(12)15/h2-8,16H,15H2,1H3. The number of halogens is 1. The first-order valence-corrected chi connectivity index (χ1v) is 7.02. The van der Waals surface area contributed by atoms with Gasteiger partial charge in [-0.15, -0.1) is 0 Å². The highest BCUT2D eigenvalue weighted by molar-refractivity contribution is 7.92. The topological polar surface area (TPSA) is 72.2 Å². The van der Waals surface area contributed by atoms with Crippen molar-refractivity contribution in [2.45, 2.75) is 11.8 Å². The Kier molecular flexibility index (Phi) is 3.44. The molecule has 0 unspecified atom stereocenters. The van der Waals surface area contributed by atoms with Gasteiger partial charge in [-0.2, -0.15) is 0 Å². The van der Waals surface area contributed by atoms with Crippen molar-refractivity contribution in [1.29, 1.82) is 0 Å². The lowest BCUT2D eigenvalue weighted by atomic mass is 10.2. The van der Waals surface area contributed by atoms with E-state index in [1.54, 1.807) is 18.2 Å². The van der Waals surface area contributed by atoms with Gasteiger partial charge in [0.25, 0.3) is 10.0 Å². The van der Waals surface area contributed by atoms with E-state index >= 15 is 0 Å². The van der Waals surface area contributed by atoms with Crippen LogP contribution in [0.15, 0.2) is 47.4 Å². The molecule has 6 heteroatoms. The maximum atomic E-state index is 13.3. The van der Waals surface area contributed by atoms with E-state index in [1.807, 2.05) is 13.0 Å². The minimum Gasteiger partial charge on any atom is -0.395 e. The normalized spacial score (nSPS) is 11.3. The van der Waals surface area contributed by atoms with E-state index < -0.39 is 15.8 Å². The van der Waals surface area contributed by atoms with Gasteiger partial charge in [0.2, 0.25) is 0 Å². The van der Waals surface area contributed by atoms with Crippen molar-refractivity contribution >= 4 is 21.4 Å². The second-order valence-corrected chi connectivity index (χ2v) is 5.78. The Bertz CT molecular complexity index is 714. The molecule has 2 rings (SSSR count). The third kappa shape index (κ3) is 2.85. The predicted molar refractivity (Wildman–Crippen MR) is 72.8 cm³/mol. The number of hydrogen-bond donors (Lipinski definition) is 2. The molecule has 100 valence electrons. The molecule has 19 heavy (non-hydrogen) atoms. The van der Waals surface area contributed by atoms with Crippen LogP contribution in [0.2, 0.25) is 0 Å². The summed E-state index contributed by atoms with van der Waals surface area (Å²) >= 11 is 0. The number of anilines is 2. The van der Waals surface area contributed by atoms with Crippen LogP contribution in [0.25, 0.3) is 0 Å². The monoisotopic (exact) mass is 280 g/mol. The second-order valence-electron chi connectivity index (χ2n) is 4.13. The van der Waals surface area contributed by atoms with Crippen LogP contribution in [-0.2, 0) is 10.0 Å². The molecule has 0 aliphatic carbocycles. The number of rotatable bonds is 3. The molecule has 0 saturated heterocycles. The number of nitrogens with one attached hydrogen (secondary N) is 1. The number of sulfonamides is 1. The number of para-hydroxylation sites is 1. The van der Waals surface area contributed by atoms with Gasteiger partial charge in [0, 0.05) is 5.69 Å². The van der Waals surface area contributed by atoms with Crippen molar-refractivity contribution in [2.75, 3.05) is 10.5 Å². The van der Waals surface area contributed by atoms with E-state index in [0.29, 0.717) is 5.69 Å². The van der Waals surface area contributed by atoms with Gasteiger partial charge in [-0.05, 0) is 36.8 Å². The van der Waals surface area contributed by atoms with Gasteiger partial charge >= 0.3 is 0 Å². The van der Waals surface area contributed by atoms with Crippen molar-refractivity contribution in [3.63, 3.8) is 0 Å². The lowest BCUT2D eigenvalue weighted by molar-refractivity contribution is 0.597. The van der Waals surface area contributed by atoms with Crippen molar-refractivity contribution in [2.24, 2.45) is 0 Å². The highest BCUT2D eigenvalue weighted by atomic mass is 32.2. The summed E-state index contributed by atoms with van der Waals surface area (Å²) in [6.45, 7) is 1.84. The molecule has 0 fully saturated rings. The van der Waals surface area contributed by atoms with Gasteiger partial charge < -0.3 is 5.73 Å². The molecule has 0 saturated carbocycles. The Labute approximate surface area is 111 Å². The van der Waals surface area contributed by atoms with E-state index in [1.165, 1.54) is 12.1 Å². The zero-order chi connectivity index (χ0) is 14.0. The number of hydrogen-bond acceptors (Lipinski definition) is 3. The Morgan fingerprint density at radius 1 is 1.16 bits per heavy atom. The molecule has 0 bridgehead atoms. The first-order valence-electron chi connectivity index (χ1n) is 5.53. The fourth-order valence-corrected chi connectivity index (χ4v) is 2.86. The number of nitrogens with two attached hydrogens (primary N) is 1. The SMILES string of the molecule is Cc1cccc(NS(=O)(=O)c2cccc(F)c2N)c1. The van der Waals surface area contributed by atoms with Crippen LogP contribution < -0.4 is 10.5 Å². The first kappa shape index (κ1) is 13.4. The second kappa shape index (κ2) is 4.89. The van der Waals surface area contributed by atoms with Crippen LogP contribution in [0.3, 0.4) is 0 Å². The van der Waals surface area contributed by atoms with Gasteiger partial charge in [-0.25, -0.2) is 12.8 Å². The minimum atomic E-state index is -3.90. The Morgan fingerprint density at radius 2 is 1.84 bits per heavy atom. The van der Waals surface area contributed by atoms with Gasteiger partial charge in [-0.3, -0.25) is 4.72 Å². The van der Waals surface area contributed by atoms with Gasteiger partial charge in [0.05, 0.1) is 5.69 Å². The van der Waals surface area contributed by atoms with Crippen molar-refractivity contribution in [3.05, 3.63) is 53.8 Å². The third-order valence-electron chi connectivity index (χ3n) is 2.57. The van der Waals surface area contributed by atoms with Crippen LogP contribution in [0, 0.1) is 12.7 Å². The Morgan fingerprint density at radius 3 is 2.53 bits per heavy atom. The van der Waals surface area contributed by atoms with Gasteiger partial charge in [0.15, 0.2) is 0 Å². The van der Waals surface area contributed by atoms with Crippen LogP contribution in [0.4, 0.5) is 15.8 Å². The number of nitrogen functional groups attached to an aromatic ring is 1. The zero-order valence-electron chi connectivity index (χ0n) is 10.2. The van der Waals surface area contributed by atoms with E-state index in [-0.39, 0.29) is 10.6 Å². The molecule has 0 aliphatic heterocycles. The molecule has 3 N–H and O–H groups in total. The fraction of sp³-hybridized carbons (Fsp3) is 0.0769. The molecule has 0 amide bonds. The molecule has 2 aromatic carbocycles. The Balaban J connectivity index is 2.41. The highest BCUT2D eigenvalue weighted by Crippen LogP contribution is 2.23. The molecule has 0 aliphatic rings. The van der Waals surface area contributed by atoms with Crippen molar-refractivity contribution < 1.29 is 12.8 Å². The zero-order valence-corrected chi connectivity index (χ0v) is 11.0. The predicted octanol–water partition coefficient (Wildman–Crippen LogP) is 2.52. The maximum absolute atomic E-state index is 13.3. The molecule has 0 radical (unpaired) electrons. The quantitative estimate of drug-likeness (QED) is 0.848. The number of aryl methyl sites for hydroxylation is 1. The largest absolute Gasteiger partial charge is 0.395 e. The smallest absolute Gasteiger partial charge is 0.264 e. The van der Waals surface area contributed by atoms with Crippen LogP contribution in [-0.4, -0.2) is 8.42 Å². The molecule has 0 heterocycles. The maximum Gasteiger partial charge on any atom is 0.264 e. The third-order valence-corrected chi connectivity index (χ3v) is 4.01. The molecular weight excluding hydrogens is 267 g/mol. The molecular formula is C13H13FN2O2S. The van der Waals surface area contributed by atoms with Crippen LogP contribution in [0.5, 0.6) is 0 Å². The summed E-state index contributed by atoms with van der Waals surface area (Å²) in [5.74, 6) is -0.757. The molecule has 2 aromatic rings. The average Bonchev–Trinajstić information content (AvgIpc) is 2.32. The van der Waals surface area contributed by atoms with Crippen LogP contribution >= 0.6 is 0 Å². The van der Waals surface area contributed by atoms with E-state index in [2.05, 4.69) is 4.72 Å². The molecule has 0 aromatic heterocycles. The summed E-state index contributed by atoms with van der Waals surface area (Å²) in [7, 11) is -3.90. The summed E-state index contributed by atoms with van der Waals surface area (Å²) < 4.78 is 39.9. The lowest BCUT2D eigenvalue weighted by Gasteiger charge is -2.10. The molecule has 4 nitrogen and oxygen atoms in total. The summed E-state index contributed by atoms with van der Waals surface area (Å²) in [5, 5.41) is 0. The summed E-state index contributed by atoms with van der Waals surface area (Å²) in [6, 6.07) is 10.5. The van der Waals surface area contributed by atoms with Crippen molar-refractivity contribution in [1.82, 2.24) is 0 Å². The van der Waals surface area contributed by atoms with Gasteiger partial charge in [0.1, 0.15) is 10.7 Å². The minimum absolute atomic E-state index is 0.269. The highest BCUT2D eigenvalue weighted by Gasteiger charge is 2.19. The average molecular weight is 280 g/mol. The summed E-state index contributed by atoms with van der Waals surface area (Å²) in [4.78, 5) is -0.269. The molecule has 0 spiro atoms. The fourth-order valence-electron chi connectivity index (χ4n) is 1.67. The first-order chi connectivity index (χ1) is 8.90. The molecule has 0 atom stereocenters. The lowest BCUT2D eigenvalue weighted by Crippen LogP contribution is -2.15. The van der Waals surface area contributed by atoms with Crippen molar-refractivity contribution in [3.8, 4) is 0 Å². The summed E-state index contributed by atoms with van der Waals surface area (Å²) in [6.07, 6.45) is 0. The van der Waals surface area contributed by atoms with Crippen LogP contribution in [0.1, 0.15) is 5.56 Å². The number of benzene rings is 2.